The van der Waals surface area contributed by atoms with Crippen LogP contribution >= 0.6 is 11.6 Å². The fourth-order valence-corrected chi connectivity index (χ4v) is 2.48. The monoisotopic (exact) mass is 234 g/mol. The van der Waals surface area contributed by atoms with E-state index >= 15 is 0 Å². The maximum absolute atomic E-state index is 9.12. The van der Waals surface area contributed by atoms with Gasteiger partial charge >= 0.3 is 0 Å². The van der Waals surface area contributed by atoms with Gasteiger partial charge in [0.15, 0.2) is 0 Å². The maximum Gasteiger partial charge on any atom is 0.101 e. The Bertz CT molecular complexity index is 422. The molecule has 1 heterocycles. The number of nitrogens with zero attached hydrogens (tertiary/aromatic N) is 2. The molecule has 2 rings (SSSR count). The van der Waals surface area contributed by atoms with E-state index < -0.39 is 0 Å². The number of nitriles is 1. The van der Waals surface area contributed by atoms with Crippen LogP contribution < -0.4 is 4.90 Å². The molecule has 84 valence electrons. The first-order valence-corrected chi connectivity index (χ1v) is 6.06. The number of hydrogen-bond donors (Lipinski definition) is 0. The lowest BCUT2D eigenvalue weighted by Crippen LogP contribution is -2.37. The highest BCUT2D eigenvalue weighted by Crippen LogP contribution is 2.29. The molecule has 1 aromatic rings. The molecule has 0 bridgehead atoms. The third kappa shape index (κ3) is 2.15. The van der Waals surface area contributed by atoms with Crippen LogP contribution in [0.15, 0.2) is 18.2 Å². The molecule has 1 unspecified atom stereocenters. The predicted octanol–water partition coefficient (Wildman–Crippen LogP) is 3.59. The minimum absolute atomic E-state index is 0.516. The quantitative estimate of drug-likeness (QED) is 0.743. The average Bonchev–Trinajstić information content (AvgIpc) is 2.30. The number of anilines is 1. The van der Waals surface area contributed by atoms with Crippen LogP contribution in [0.5, 0.6) is 0 Å². The Morgan fingerprint density at radius 3 is 2.94 bits per heavy atom. The summed E-state index contributed by atoms with van der Waals surface area (Å²) in [7, 11) is 0. The van der Waals surface area contributed by atoms with Gasteiger partial charge in [-0.05, 0) is 44.4 Å². The van der Waals surface area contributed by atoms with Crippen LogP contribution in [-0.4, -0.2) is 12.6 Å². The minimum Gasteiger partial charge on any atom is -0.368 e. The molecule has 1 saturated heterocycles. The summed E-state index contributed by atoms with van der Waals surface area (Å²) in [4.78, 5) is 2.32. The Balaban J connectivity index is 2.35. The van der Waals surface area contributed by atoms with Gasteiger partial charge in [0, 0.05) is 17.6 Å². The Morgan fingerprint density at radius 2 is 2.25 bits per heavy atom. The van der Waals surface area contributed by atoms with Crippen LogP contribution in [0.2, 0.25) is 5.02 Å². The lowest BCUT2D eigenvalue weighted by molar-refractivity contribution is 0.484. The zero-order chi connectivity index (χ0) is 11.5. The molecule has 1 fully saturated rings. The maximum atomic E-state index is 9.12. The Morgan fingerprint density at radius 1 is 1.44 bits per heavy atom. The summed E-state index contributed by atoms with van der Waals surface area (Å²) in [5, 5.41) is 9.75. The van der Waals surface area contributed by atoms with Crippen LogP contribution in [0.1, 0.15) is 31.7 Å². The van der Waals surface area contributed by atoms with Gasteiger partial charge in [-0.1, -0.05) is 11.6 Å². The lowest BCUT2D eigenvalue weighted by atomic mass is 10.0. The summed E-state index contributed by atoms with van der Waals surface area (Å²) in [6.07, 6.45) is 3.69. The number of rotatable bonds is 1. The lowest BCUT2D eigenvalue weighted by Gasteiger charge is -2.35. The van der Waals surface area contributed by atoms with Crippen molar-refractivity contribution in [2.75, 3.05) is 11.4 Å². The van der Waals surface area contributed by atoms with Crippen molar-refractivity contribution in [3.05, 3.63) is 28.8 Å². The van der Waals surface area contributed by atoms with Crippen LogP contribution in [-0.2, 0) is 0 Å². The second-order valence-electron chi connectivity index (χ2n) is 4.31. The van der Waals surface area contributed by atoms with E-state index in [0.717, 1.165) is 12.2 Å². The molecule has 0 radical (unpaired) electrons. The van der Waals surface area contributed by atoms with Crippen molar-refractivity contribution >= 4 is 17.3 Å². The largest absolute Gasteiger partial charge is 0.368 e. The van der Waals surface area contributed by atoms with Crippen LogP contribution in [0, 0.1) is 11.3 Å². The van der Waals surface area contributed by atoms with Gasteiger partial charge in [0.05, 0.1) is 11.3 Å². The van der Waals surface area contributed by atoms with Crippen molar-refractivity contribution < 1.29 is 0 Å². The summed E-state index contributed by atoms with van der Waals surface area (Å²) < 4.78 is 0. The minimum atomic E-state index is 0.516. The van der Waals surface area contributed by atoms with Crippen LogP contribution in [0.25, 0.3) is 0 Å². The van der Waals surface area contributed by atoms with Gasteiger partial charge in [-0.15, -0.1) is 0 Å². The molecule has 2 nitrogen and oxygen atoms in total. The summed E-state index contributed by atoms with van der Waals surface area (Å²) in [6, 6.07) is 8.31. The standard InChI is InChI=1S/C13H15ClN2/c1-10-4-2-3-7-16(10)13-6-5-12(14)8-11(13)9-15/h5-6,8,10H,2-4,7H2,1H3. The highest BCUT2D eigenvalue weighted by Gasteiger charge is 2.20. The van der Waals surface area contributed by atoms with Crippen molar-refractivity contribution in [3.63, 3.8) is 0 Å². The van der Waals surface area contributed by atoms with Gasteiger partial charge in [-0.3, -0.25) is 0 Å². The first-order chi connectivity index (χ1) is 7.72. The second kappa shape index (κ2) is 4.76. The summed E-state index contributed by atoms with van der Waals surface area (Å²) in [5.41, 5.74) is 1.71. The van der Waals surface area contributed by atoms with E-state index in [2.05, 4.69) is 17.9 Å². The van der Waals surface area contributed by atoms with Crippen molar-refractivity contribution in [2.45, 2.75) is 32.2 Å². The number of benzene rings is 1. The van der Waals surface area contributed by atoms with Gasteiger partial charge in [-0.2, -0.15) is 5.26 Å². The van der Waals surface area contributed by atoms with Crippen molar-refractivity contribution in [2.24, 2.45) is 0 Å². The molecular weight excluding hydrogens is 220 g/mol. The zero-order valence-electron chi connectivity index (χ0n) is 9.41. The van der Waals surface area contributed by atoms with Gasteiger partial charge in [-0.25, -0.2) is 0 Å². The first-order valence-electron chi connectivity index (χ1n) is 5.68. The predicted molar refractivity (Wildman–Crippen MR) is 66.8 cm³/mol. The number of hydrogen-bond acceptors (Lipinski definition) is 2. The number of piperidine rings is 1. The van der Waals surface area contributed by atoms with E-state index in [1.807, 2.05) is 12.1 Å². The Hall–Kier alpha value is -1.20. The van der Waals surface area contributed by atoms with Crippen LogP contribution in [0.4, 0.5) is 5.69 Å². The molecular formula is C13H15ClN2. The molecule has 3 heteroatoms. The van der Waals surface area contributed by atoms with E-state index in [4.69, 9.17) is 16.9 Å². The smallest absolute Gasteiger partial charge is 0.101 e. The summed E-state index contributed by atoms with van der Waals surface area (Å²) in [6.45, 7) is 3.26. The highest BCUT2D eigenvalue weighted by molar-refractivity contribution is 6.30. The summed E-state index contributed by atoms with van der Waals surface area (Å²) >= 11 is 5.90. The molecule has 0 N–H and O–H groups in total. The van der Waals surface area contributed by atoms with E-state index in [0.29, 0.717) is 16.6 Å². The normalized spacial score (nSPS) is 20.6. The first kappa shape index (κ1) is 11.3. The molecule has 0 spiro atoms. The average molecular weight is 235 g/mol. The highest BCUT2D eigenvalue weighted by atomic mass is 35.5. The van der Waals surface area contributed by atoms with Gasteiger partial charge in [0.2, 0.25) is 0 Å². The molecule has 0 amide bonds. The second-order valence-corrected chi connectivity index (χ2v) is 4.75. The van der Waals surface area contributed by atoms with E-state index in [1.54, 1.807) is 6.07 Å². The fraction of sp³-hybridized carbons (Fsp3) is 0.462. The Kier molecular flexibility index (Phi) is 3.36. The van der Waals surface area contributed by atoms with E-state index in [9.17, 15) is 0 Å². The summed E-state index contributed by atoms with van der Waals surface area (Å²) in [5.74, 6) is 0. The van der Waals surface area contributed by atoms with E-state index in [-0.39, 0.29) is 0 Å². The van der Waals surface area contributed by atoms with E-state index in [1.165, 1.54) is 19.3 Å². The molecule has 0 saturated carbocycles. The molecule has 1 aliphatic heterocycles. The molecule has 1 atom stereocenters. The fourth-order valence-electron chi connectivity index (χ4n) is 2.30. The van der Waals surface area contributed by atoms with Gasteiger partial charge in [0.25, 0.3) is 0 Å². The molecule has 1 aromatic carbocycles. The SMILES string of the molecule is CC1CCCCN1c1ccc(Cl)cc1C#N. The third-order valence-corrected chi connectivity index (χ3v) is 3.43. The van der Waals surface area contributed by atoms with Crippen molar-refractivity contribution in [1.82, 2.24) is 0 Å². The van der Waals surface area contributed by atoms with Crippen molar-refractivity contribution in [1.29, 1.82) is 5.26 Å². The molecule has 0 aliphatic carbocycles. The topological polar surface area (TPSA) is 27.0 Å². The zero-order valence-corrected chi connectivity index (χ0v) is 10.2. The Labute approximate surface area is 101 Å². The number of halogens is 1. The third-order valence-electron chi connectivity index (χ3n) is 3.19. The van der Waals surface area contributed by atoms with Crippen molar-refractivity contribution in [3.8, 4) is 6.07 Å². The van der Waals surface area contributed by atoms with Crippen LogP contribution in [0.3, 0.4) is 0 Å². The molecule has 1 aliphatic rings. The van der Waals surface area contributed by atoms with Gasteiger partial charge in [0.1, 0.15) is 6.07 Å². The molecule has 0 aromatic heterocycles. The van der Waals surface area contributed by atoms with Gasteiger partial charge < -0.3 is 4.90 Å². The molecule has 16 heavy (non-hydrogen) atoms.